The Morgan fingerprint density at radius 2 is 2.22 bits per heavy atom. The fraction of sp³-hybridized carbons (Fsp3) is 0.500. The van der Waals surface area contributed by atoms with E-state index in [2.05, 4.69) is 0 Å². The Morgan fingerprint density at radius 1 is 1.56 bits per heavy atom. The summed E-state index contributed by atoms with van der Waals surface area (Å²) < 4.78 is 40.5. The van der Waals surface area contributed by atoms with Gasteiger partial charge in [0.2, 0.25) is 0 Å². The third-order valence-corrected chi connectivity index (χ3v) is 3.25. The number of carbonyl (C=O) groups is 1. The second-order valence-corrected chi connectivity index (χ2v) is 4.84. The summed E-state index contributed by atoms with van der Waals surface area (Å²) in [4.78, 5) is 12.5. The molecule has 0 aliphatic heterocycles. The number of rotatable bonds is 5. The molecule has 1 rings (SSSR count). The van der Waals surface area contributed by atoms with Gasteiger partial charge >= 0.3 is 6.18 Å². The first-order valence-corrected chi connectivity index (χ1v) is 5.90. The first-order chi connectivity index (χ1) is 8.33. The topological polar surface area (TPSA) is 64.4 Å². The van der Waals surface area contributed by atoms with E-state index < -0.39 is 25.1 Å². The van der Waals surface area contributed by atoms with E-state index in [1.165, 1.54) is 11.3 Å². The van der Waals surface area contributed by atoms with Crippen LogP contribution in [0.5, 0.6) is 0 Å². The number of hydrogen-bond acceptors (Lipinski definition) is 4. The zero-order chi connectivity index (χ0) is 13.8. The van der Waals surface area contributed by atoms with Crippen molar-refractivity contribution >= 4 is 17.2 Å². The predicted molar refractivity (Wildman–Crippen MR) is 61.0 cm³/mol. The van der Waals surface area contributed by atoms with E-state index in [9.17, 15) is 18.0 Å². The molecule has 8 heteroatoms. The zero-order valence-electron chi connectivity index (χ0n) is 9.63. The number of halogens is 3. The van der Waals surface area contributed by atoms with Crippen molar-refractivity contribution in [3.8, 4) is 0 Å². The second kappa shape index (κ2) is 6.17. The molecular weight excluding hydrogens is 269 g/mol. The molecule has 1 aromatic heterocycles. The lowest BCUT2D eigenvalue weighted by Gasteiger charge is -2.06. The molecule has 3 N–H and O–H groups in total. The standard InChI is InChI=1S/C10H13F3N2O2S/c1-6-7(4-8(18-6)9(16)15-14)5-17-3-2-10(11,12)13/h4H,2-3,5,14H2,1H3,(H,15,16). The highest BCUT2D eigenvalue weighted by atomic mass is 32.1. The molecule has 0 aliphatic carbocycles. The van der Waals surface area contributed by atoms with Crippen molar-refractivity contribution < 1.29 is 22.7 Å². The minimum atomic E-state index is -4.21. The van der Waals surface area contributed by atoms with Crippen molar-refractivity contribution in [3.05, 3.63) is 21.4 Å². The van der Waals surface area contributed by atoms with E-state index in [1.807, 2.05) is 5.43 Å². The molecule has 0 spiro atoms. The molecule has 4 nitrogen and oxygen atoms in total. The number of thiophene rings is 1. The third kappa shape index (κ3) is 4.63. The largest absolute Gasteiger partial charge is 0.391 e. The molecule has 1 aromatic rings. The average Bonchev–Trinajstić information content (AvgIpc) is 2.64. The molecule has 0 radical (unpaired) electrons. The van der Waals surface area contributed by atoms with Crippen LogP contribution in [0.2, 0.25) is 0 Å². The number of carbonyl (C=O) groups excluding carboxylic acids is 1. The van der Waals surface area contributed by atoms with Gasteiger partial charge in [-0.1, -0.05) is 0 Å². The monoisotopic (exact) mass is 282 g/mol. The van der Waals surface area contributed by atoms with Crippen LogP contribution in [0.3, 0.4) is 0 Å². The smallest absolute Gasteiger partial charge is 0.376 e. The molecular formula is C10H13F3N2O2S. The van der Waals surface area contributed by atoms with Gasteiger partial charge in [0.25, 0.3) is 5.91 Å². The summed E-state index contributed by atoms with van der Waals surface area (Å²) in [6.07, 6.45) is -5.19. The second-order valence-electron chi connectivity index (χ2n) is 3.58. The quantitative estimate of drug-likeness (QED) is 0.376. The third-order valence-electron chi connectivity index (χ3n) is 2.16. The lowest BCUT2D eigenvalue weighted by Crippen LogP contribution is -2.29. The summed E-state index contributed by atoms with van der Waals surface area (Å²) in [5, 5.41) is 0. The number of ether oxygens (including phenoxy) is 1. The fourth-order valence-corrected chi connectivity index (χ4v) is 2.15. The van der Waals surface area contributed by atoms with Crippen molar-refractivity contribution in [1.82, 2.24) is 5.43 Å². The van der Waals surface area contributed by atoms with Gasteiger partial charge < -0.3 is 4.74 Å². The molecule has 0 saturated heterocycles. The zero-order valence-corrected chi connectivity index (χ0v) is 10.5. The molecule has 1 amide bonds. The Labute approximate surface area is 106 Å². The van der Waals surface area contributed by atoms with Crippen LogP contribution < -0.4 is 11.3 Å². The van der Waals surface area contributed by atoms with Gasteiger partial charge in [0.05, 0.1) is 24.5 Å². The maximum atomic E-state index is 11.9. The molecule has 0 saturated carbocycles. The number of alkyl halides is 3. The highest BCUT2D eigenvalue weighted by molar-refractivity contribution is 7.14. The van der Waals surface area contributed by atoms with Crippen LogP contribution in [-0.2, 0) is 11.3 Å². The number of nitrogens with two attached hydrogens (primary N) is 1. The molecule has 0 aromatic carbocycles. The highest BCUT2D eigenvalue weighted by Crippen LogP contribution is 2.23. The summed E-state index contributed by atoms with van der Waals surface area (Å²) >= 11 is 1.22. The molecule has 1 heterocycles. The van der Waals surface area contributed by atoms with E-state index in [0.29, 0.717) is 10.4 Å². The molecule has 0 bridgehead atoms. The Balaban J connectivity index is 2.48. The van der Waals surface area contributed by atoms with Gasteiger partial charge in [-0.2, -0.15) is 13.2 Å². The first-order valence-electron chi connectivity index (χ1n) is 5.08. The van der Waals surface area contributed by atoms with Gasteiger partial charge in [0, 0.05) is 4.88 Å². The molecule has 0 unspecified atom stereocenters. The summed E-state index contributed by atoms with van der Waals surface area (Å²) in [7, 11) is 0. The maximum Gasteiger partial charge on any atom is 0.391 e. The van der Waals surface area contributed by atoms with Crippen LogP contribution in [-0.4, -0.2) is 18.7 Å². The Hall–Kier alpha value is -1.12. The van der Waals surface area contributed by atoms with Crippen LogP contribution in [0.25, 0.3) is 0 Å². The summed E-state index contributed by atoms with van der Waals surface area (Å²) in [6, 6.07) is 1.57. The van der Waals surface area contributed by atoms with Crippen LogP contribution in [0, 0.1) is 6.92 Å². The van der Waals surface area contributed by atoms with Crippen LogP contribution in [0.4, 0.5) is 13.2 Å². The van der Waals surface area contributed by atoms with Gasteiger partial charge in [-0.15, -0.1) is 11.3 Å². The van der Waals surface area contributed by atoms with Gasteiger partial charge in [-0.3, -0.25) is 10.2 Å². The Bertz CT molecular complexity index is 418. The van der Waals surface area contributed by atoms with E-state index in [-0.39, 0.29) is 6.61 Å². The number of amides is 1. The summed E-state index contributed by atoms with van der Waals surface area (Å²) in [5.41, 5.74) is 2.69. The maximum absolute atomic E-state index is 11.9. The number of nitrogen functional groups attached to an aromatic ring is 1. The minimum absolute atomic E-state index is 0.0518. The van der Waals surface area contributed by atoms with Gasteiger partial charge in [0.15, 0.2) is 0 Å². The molecule has 0 fully saturated rings. The van der Waals surface area contributed by atoms with Gasteiger partial charge in [0.1, 0.15) is 0 Å². The number of nitrogens with one attached hydrogen (secondary N) is 1. The van der Waals surface area contributed by atoms with Crippen molar-refractivity contribution in [3.63, 3.8) is 0 Å². The van der Waals surface area contributed by atoms with Crippen LogP contribution in [0.1, 0.15) is 26.5 Å². The minimum Gasteiger partial charge on any atom is -0.376 e. The molecule has 0 atom stereocenters. The van der Waals surface area contributed by atoms with E-state index >= 15 is 0 Å². The van der Waals surface area contributed by atoms with Crippen molar-refractivity contribution in [2.75, 3.05) is 6.61 Å². The van der Waals surface area contributed by atoms with Crippen LogP contribution >= 0.6 is 11.3 Å². The van der Waals surface area contributed by atoms with Crippen molar-refractivity contribution in [2.24, 2.45) is 5.84 Å². The molecule has 0 aliphatic rings. The lowest BCUT2D eigenvalue weighted by molar-refractivity contribution is -0.146. The van der Waals surface area contributed by atoms with E-state index in [1.54, 1.807) is 13.0 Å². The Kier molecular flexibility index (Phi) is 5.12. The fourth-order valence-electron chi connectivity index (χ4n) is 1.22. The summed E-state index contributed by atoms with van der Waals surface area (Å²) in [6.45, 7) is 1.42. The lowest BCUT2D eigenvalue weighted by atomic mass is 10.2. The number of aryl methyl sites for hydroxylation is 1. The Morgan fingerprint density at radius 3 is 2.78 bits per heavy atom. The highest BCUT2D eigenvalue weighted by Gasteiger charge is 2.26. The predicted octanol–water partition coefficient (Wildman–Crippen LogP) is 2.13. The van der Waals surface area contributed by atoms with Crippen LogP contribution in [0.15, 0.2) is 6.07 Å². The normalized spacial score (nSPS) is 11.6. The first kappa shape index (κ1) is 14.9. The number of hydrogen-bond donors (Lipinski definition) is 2. The van der Waals surface area contributed by atoms with E-state index in [4.69, 9.17) is 10.6 Å². The van der Waals surface area contributed by atoms with Gasteiger partial charge in [-0.25, -0.2) is 5.84 Å². The van der Waals surface area contributed by atoms with Crippen molar-refractivity contribution in [1.29, 1.82) is 0 Å². The molecule has 18 heavy (non-hydrogen) atoms. The molecule has 102 valence electrons. The SMILES string of the molecule is Cc1sc(C(=O)NN)cc1COCCC(F)(F)F. The van der Waals surface area contributed by atoms with Gasteiger partial charge in [-0.05, 0) is 18.6 Å². The summed E-state index contributed by atoms with van der Waals surface area (Å²) in [5.74, 6) is 4.56. The van der Waals surface area contributed by atoms with Crippen molar-refractivity contribution in [2.45, 2.75) is 26.1 Å². The number of hydrazine groups is 1. The average molecular weight is 282 g/mol. The van der Waals surface area contributed by atoms with E-state index in [0.717, 1.165) is 4.88 Å².